The summed E-state index contributed by atoms with van der Waals surface area (Å²) in [6.07, 6.45) is -4.09. The lowest BCUT2D eigenvalue weighted by molar-refractivity contribution is -0.136. The topological polar surface area (TPSA) is 62.7 Å². The Balaban J connectivity index is 2.77. The van der Waals surface area contributed by atoms with Crippen molar-refractivity contribution in [3.05, 3.63) is 23.7 Å². The summed E-state index contributed by atoms with van der Waals surface area (Å²) in [5.41, 5.74) is 5.64. The molecule has 1 rings (SSSR count). The number of halogens is 3. The maximum absolute atomic E-state index is 12.5. The largest absolute Gasteiger partial charge is 0.467 e. The van der Waals surface area contributed by atoms with E-state index in [4.69, 9.17) is 10.2 Å². The second-order valence-corrected chi connectivity index (χ2v) is 5.19. The SMILES string of the molecule is CCN(CC)CCN(CCC(F)(F)F)C(=O)c1coc(CN)c1. The minimum atomic E-state index is -4.30. The minimum Gasteiger partial charge on any atom is -0.467 e. The van der Waals surface area contributed by atoms with E-state index in [9.17, 15) is 18.0 Å². The summed E-state index contributed by atoms with van der Waals surface area (Å²) in [6.45, 7) is 6.02. The van der Waals surface area contributed by atoms with Crippen molar-refractivity contribution in [1.82, 2.24) is 9.80 Å². The predicted octanol–water partition coefficient (Wildman–Crippen LogP) is 2.47. The van der Waals surface area contributed by atoms with E-state index < -0.39 is 18.5 Å². The molecule has 0 bridgehead atoms. The van der Waals surface area contributed by atoms with Gasteiger partial charge in [-0.2, -0.15) is 13.2 Å². The monoisotopic (exact) mass is 335 g/mol. The third-order valence-corrected chi connectivity index (χ3v) is 3.63. The summed E-state index contributed by atoms with van der Waals surface area (Å²) in [4.78, 5) is 15.7. The number of rotatable bonds is 9. The zero-order valence-corrected chi connectivity index (χ0v) is 13.5. The molecule has 0 aromatic carbocycles. The number of hydrogen-bond acceptors (Lipinski definition) is 4. The van der Waals surface area contributed by atoms with E-state index >= 15 is 0 Å². The van der Waals surface area contributed by atoms with E-state index in [1.165, 1.54) is 17.2 Å². The van der Waals surface area contributed by atoms with E-state index in [2.05, 4.69) is 4.90 Å². The Kier molecular flexibility index (Phi) is 7.57. The van der Waals surface area contributed by atoms with Crippen LogP contribution < -0.4 is 5.73 Å². The van der Waals surface area contributed by atoms with Gasteiger partial charge in [0.25, 0.3) is 5.91 Å². The molecule has 1 aromatic rings. The summed E-state index contributed by atoms with van der Waals surface area (Å²) in [5.74, 6) is -0.0438. The Bertz CT molecular complexity index is 485. The van der Waals surface area contributed by atoms with Gasteiger partial charge >= 0.3 is 6.18 Å². The average molecular weight is 335 g/mol. The van der Waals surface area contributed by atoms with Crippen molar-refractivity contribution in [1.29, 1.82) is 0 Å². The van der Waals surface area contributed by atoms with Gasteiger partial charge in [-0.15, -0.1) is 0 Å². The van der Waals surface area contributed by atoms with Crippen LogP contribution in [0.3, 0.4) is 0 Å². The van der Waals surface area contributed by atoms with Gasteiger partial charge in [-0.1, -0.05) is 13.8 Å². The van der Waals surface area contributed by atoms with Gasteiger partial charge in [-0.05, 0) is 19.2 Å². The molecule has 0 unspecified atom stereocenters. The summed E-state index contributed by atoms with van der Waals surface area (Å²) in [7, 11) is 0. The quantitative estimate of drug-likeness (QED) is 0.753. The van der Waals surface area contributed by atoms with Crippen LogP contribution in [0.25, 0.3) is 0 Å². The number of alkyl halides is 3. The van der Waals surface area contributed by atoms with Crippen LogP contribution in [-0.4, -0.2) is 54.6 Å². The van der Waals surface area contributed by atoms with Crippen molar-refractivity contribution < 1.29 is 22.4 Å². The fourth-order valence-electron chi connectivity index (χ4n) is 2.16. The molecule has 0 aliphatic rings. The van der Waals surface area contributed by atoms with Crippen LogP contribution in [0.4, 0.5) is 13.2 Å². The molecule has 8 heteroatoms. The highest BCUT2D eigenvalue weighted by Crippen LogP contribution is 2.20. The molecular weight excluding hydrogens is 311 g/mol. The minimum absolute atomic E-state index is 0.134. The maximum atomic E-state index is 12.5. The molecule has 132 valence electrons. The fourth-order valence-corrected chi connectivity index (χ4v) is 2.16. The van der Waals surface area contributed by atoms with E-state index in [0.717, 1.165) is 13.1 Å². The number of likely N-dealkylation sites (N-methyl/N-ethyl adjacent to an activating group) is 1. The second-order valence-electron chi connectivity index (χ2n) is 5.19. The Hall–Kier alpha value is -1.54. The molecule has 2 N–H and O–H groups in total. The number of carbonyl (C=O) groups is 1. The van der Waals surface area contributed by atoms with Crippen molar-refractivity contribution in [2.45, 2.75) is 33.0 Å². The first-order chi connectivity index (χ1) is 10.8. The average Bonchev–Trinajstić information content (AvgIpc) is 2.98. The third kappa shape index (κ3) is 6.62. The number of amides is 1. The number of furan rings is 1. The van der Waals surface area contributed by atoms with Crippen molar-refractivity contribution in [3.8, 4) is 0 Å². The molecular formula is C15H24F3N3O2. The molecule has 0 spiro atoms. The predicted molar refractivity (Wildman–Crippen MR) is 81.0 cm³/mol. The Morgan fingerprint density at radius 1 is 1.22 bits per heavy atom. The van der Waals surface area contributed by atoms with E-state index in [0.29, 0.717) is 12.3 Å². The zero-order chi connectivity index (χ0) is 17.5. The summed E-state index contributed by atoms with van der Waals surface area (Å²) in [5, 5.41) is 0. The van der Waals surface area contributed by atoms with Gasteiger partial charge in [0.05, 0.1) is 18.5 Å². The number of nitrogens with two attached hydrogens (primary N) is 1. The molecule has 5 nitrogen and oxygen atoms in total. The molecule has 0 atom stereocenters. The maximum Gasteiger partial charge on any atom is 0.390 e. The number of carbonyl (C=O) groups excluding carboxylic acids is 1. The van der Waals surface area contributed by atoms with Gasteiger partial charge in [0.2, 0.25) is 0 Å². The lowest BCUT2D eigenvalue weighted by Crippen LogP contribution is -2.40. The van der Waals surface area contributed by atoms with Gasteiger partial charge in [0.1, 0.15) is 12.0 Å². The first-order valence-corrected chi connectivity index (χ1v) is 7.66. The van der Waals surface area contributed by atoms with Crippen LogP contribution in [0, 0.1) is 0 Å². The molecule has 0 fully saturated rings. The highest BCUT2D eigenvalue weighted by molar-refractivity contribution is 5.94. The molecule has 0 saturated heterocycles. The van der Waals surface area contributed by atoms with Gasteiger partial charge in [-0.25, -0.2) is 0 Å². The molecule has 1 amide bonds. The zero-order valence-electron chi connectivity index (χ0n) is 13.5. The van der Waals surface area contributed by atoms with Crippen LogP contribution in [-0.2, 0) is 6.54 Å². The highest BCUT2D eigenvalue weighted by atomic mass is 19.4. The van der Waals surface area contributed by atoms with Crippen LogP contribution >= 0.6 is 0 Å². The van der Waals surface area contributed by atoms with E-state index in [1.54, 1.807) is 0 Å². The molecule has 0 aliphatic heterocycles. The van der Waals surface area contributed by atoms with Gasteiger partial charge < -0.3 is 20.0 Å². The normalized spacial score (nSPS) is 12.0. The summed E-state index contributed by atoms with van der Waals surface area (Å²) < 4.78 is 42.6. The second kappa shape index (κ2) is 8.93. The molecule has 1 aromatic heterocycles. The number of hydrogen-bond donors (Lipinski definition) is 1. The van der Waals surface area contributed by atoms with E-state index in [-0.39, 0.29) is 25.2 Å². The van der Waals surface area contributed by atoms with Gasteiger partial charge in [0.15, 0.2) is 0 Å². The Morgan fingerprint density at radius 2 is 1.87 bits per heavy atom. The molecule has 23 heavy (non-hydrogen) atoms. The van der Waals surface area contributed by atoms with Crippen LogP contribution in [0.1, 0.15) is 36.4 Å². The van der Waals surface area contributed by atoms with Crippen molar-refractivity contribution >= 4 is 5.91 Å². The number of nitrogens with zero attached hydrogens (tertiary/aromatic N) is 2. The molecule has 0 radical (unpaired) electrons. The van der Waals surface area contributed by atoms with E-state index in [1.807, 2.05) is 13.8 Å². The third-order valence-electron chi connectivity index (χ3n) is 3.63. The van der Waals surface area contributed by atoms with Gasteiger partial charge in [-0.3, -0.25) is 4.79 Å². The Morgan fingerprint density at radius 3 is 2.35 bits per heavy atom. The standard InChI is InChI=1S/C15H24F3N3O2/c1-3-20(4-2)7-8-21(6-5-15(16,17)18)14(22)12-9-13(10-19)23-11-12/h9,11H,3-8,10,19H2,1-2H3. The van der Waals surface area contributed by atoms with Crippen LogP contribution in [0.2, 0.25) is 0 Å². The highest BCUT2D eigenvalue weighted by Gasteiger charge is 2.29. The van der Waals surface area contributed by atoms with Crippen molar-refractivity contribution in [3.63, 3.8) is 0 Å². The van der Waals surface area contributed by atoms with Crippen LogP contribution in [0.5, 0.6) is 0 Å². The molecule has 1 heterocycles. The van der Waals surface area contributed by atoms with Crippen LogP contribution in [0.15, 0.2) is 16.7 Å². The lowest BCUT2D eigenvalue weighted by Gasteiger charge is -2.26. The first kappa shape index (κ1) is 19.5. The first-order valence-electron chi connectivity index (χ1n) is 7.66. The smallest absolute Gasteiger partial charge is 0.390 e. The van der Waals surface area contributed by atoms with Crippen molar-refractivity contribution in [2.75, 3.05) is 32.7 Å². The van der Waals surface area contributed by atoms with Crippen molar-refractivity contribution in [2.24, 2.45) is 5.73 Å². The molecule has 0 saturated carbocycles. The molecule has 0 aliphatic carbocycles. The van der Waals surface area contributed by atoms with Gasteiger partial charge in [0, 0.05) is 19.6 Å². The fraction of sp³-hybridized carbons (Fsp3) is 0.667. The Labute approximate surface area is 134 Å². The lowest BCUT2D eigenvalue weighted by atomic mass is 10.2. The summed E-state index contributed by atoms with van der Waals surface area (Å²) >= 11 is 0. The summed E-state index contributed by atoms with van der Waals surface area (Å²) in [6, 6.07) is 1.47.